The first-order chi connectivity index (χ1) is 0. The van der Waals surface area contributed by atoms with Crippen molar-refractivity contribution in [3.05, 3.63) is 0 Å². The second-order valence-corrected chi connectivity index (χ2v) is 0. The normalized spacial score (nSPS) is 0. The van der Waals surface area contributed by atoms with Crippen LogP contribution in [-0.4, -0.2) is 0 Å². The quantitative estimate of drug-likeness (QED) is 0.544. The largest absolute Gasteiger partial charge is 5.00 e. The number of rotatable bonds is 0. The van der Waals surface area contributed by atoms with Gasteiger partial charge in [0.05, 0.1) is 0 Å². The molecule has 0 aromatic heterocycles. The van der Waals surface area contributed by atoms with Crippen LogP contribution in [-0.2, 0) is 65.4 Å². The summed E-state index contributed by atoms with van der Waals surface area (Å²) in [5, 5.41) is 0. The Hall–Kier alpha value is 1.88. The molecule has 0 atom stereocenters. The van der Waals surface area contributed by atoms with Crippen LogP contribution in [0, 0.1) is 0 Å². The molecule has 4 heavy (non-hydrogen) atoms. The van der Waals surface area contributed by atoms with Gasteiger partial charge in [0, 0.05) is 0 Å². The first-order valence-corrected chi connectivity index (χ1v) is 0. The van der Waals surface area contributed by atoms with Crippen molar-refractivity contribution in [3.8, 4) is 0 Å². The molecule has 4 heteroatoms. The minimum absolute atomic E-state index is 0. The molecule has 0 aromatic carbocycles. The first-order valence-electron chi connectivity index (χ1n) is 0. The van der Waals surface area contributed by atoms with Crippen molar-refractivity contribution in [2.75, 3.05) is 0 Å². The van der Waals surface area contributed by atoms with E-state index >= 15 is 0 Å². The summed E-state index contributed by atoms with van der Waals surface area (Å²) in [5.41, 5.74) is 0. The van der Waals surface area contributed by atoms with Gasteiger partial charge in [-0.05, 0) is 0 Å². The summed E-state index contributed by atoms with van der Waals surface area (Å²) in [4.78, 5) is 0. The van der Waals surface area contributed by atoms with Gasteiger partial charge in [0.2, 0.25) is 0 Å². The van der Waals surface area contributed by atoms with Gasteiger partial charge in [-0.25, -0.2) is 0 Å². The summed E-state index contributed by atoms with van der Waals surface area (Å²) in [7, 11) is 0. The zero-order valence-electron chi connectivity index (χ0n) is 1.58. The van der Waals surface area contributed by atoms with E-state index in [1.54, 1.807) is 0 Å². The van der Waals surface area contributed by atoms with Crippen LogP contribution in [0.5, 0.6) is 0 Å². The van der Waals surface area contributed by atoms with Gasteiger partial charge in [0.15, 0.2) is 0 Å². The Labute approximate surface area is 64.9 Å². The van der Waals surface area contributed by atoms with E-state index < -0.39 is 0 Å². The summed E-state index contributed by atoms with van der Waals surface area (Å²) < 4.78 is 0. The van der Waals surface area contributed by atoms with Crippen molar-refractivity contribution in [1.29, 1.82) is 0 Å². The van der Waals surface area contributed by atoms with Gasteiger partial charge >= 0.3 is 59.9 Å². The molecule has 0 amide bonds. The van der Waals surface area contributed by atoms with E-state index in [9.17, 15) is 0 Å². The third-order valence-electron chi connectivity index (χ3n) is 0. The maximum absolute atomic E-state index is 0. The van der Waals surface area contributed by atoms with Gasteiger partial charge in [0.25, 0.3) is 0 Å². The second-order valence-electron chi connectivity index (χ2n) is 0. The molecule has 0 aliphatic rings. The Balaban J connectivity index is 0. The van der Waals surface area contributed by atoms with Crippen LogP contribution in [0.3, 0.4) is 0 Å². The minimum Gasteiger partial charge on any atom is -2.00 e. The van der Waals surface area contributed by atoms with Crippen LogP contribution in [0.15, 0.2) is 0 Å². The summed E-state index contributed by atoms with van der Waals surface area (Å²) in [6, 6.07) is 0. The average Bonchev–Trinajstić information content (AvgIpc) is 0. The first kappa shape index (κ1) is 39.6. The second kappa shape index (κ2) is 20.8. The van der Waals surface area contributed by atoms with Crippen molar-refractivity contribution in [1.82, 2.24) is 0 Å². The molecule has 0 aromatic rings. The SMILES string of the molecule is [Nb+5].[Ni+2].[O-2].[W+4]. The Morgan fingerprint density at radius 2 is 1.00 bits per heavy atom. The summed E-state index contributed by atoms with van der Waals surface area (Å²) in [6.07, 6.45) is 0. The minimum atomic E-state index is 0. The molecular formula is NbNiOW+9. The Morgan fingerprint density at radius 1 is 1.00 bits per heavy atom. The Morgan fingerprint density at radius 3 is 1.00 bits per heavy atom. The maximum Gasteiger partial charge on any atom is 5.00 e. The maximum atomic E-state index is 0. The molecule has 1 nitrogen and oxygen atoms in total. The number of hydrogen-bond donors (Lipinski definition) is 0. The van der Waals surface area contributed by atoms with Crippen molar-refractivity contribution >= 4 is 0 Å². The monoisotopic (exact) mass is 351 g/mol. The van der Waals surface area contributed by atoms with Gasteiger partial charge in [-0.2, -0.15) is 0 Å². The fourth-order valence-corrected chi connectivity index (χ4v) is 0. The van der Waals surface area contributed by atoms with Gasteiger partial charge in [0.1, 0.15) is 0 Å². The van der Waals surface area contributed by atoms with E-state index in [0.717, 1.165) is 0 Å². The topological polar surface area (TPSA) is 28.5 Å². The fraction of sp³-hybridized carbons (Fsp3) is 0. The molecule has 0 spiro atoms. The van der Waals surface area contributed by atoms with Gasteiger partial charge in [-0.3, -0.25) is 0 Å². The van der Waals surface area contributed by atoms with Gasteiger partial charge < -0.3 is 5.48 Å². The van der Waals surface area contributed by atoms with Crippen molar-refractivity contribution in [3.63, 3.8) is 0 Å². The van der Waals surface area contributed by atoms with Crippen LogP contribution >= 0.6 is 0 Å². The molecular weight excluding hydrogens is 351 g/mol. The molecule has 0 unspecified atom stereocenters. The van der Waals surface area contributed by atoms with E-state index in [-0.39, 0.29) is 65.4 Å². The third-order valence-corrected chi connectivity index (χ3v) is 0. The predicted octanol–water partition coefficient (Wildman–Crippen LogP) is -0.126. The molecule has 0 N–H and O–H groups in total. The molecule has 0 saturated heterocycles. The molecule has 0 rings (SSSR count). The number of hydrogen-bond acceptors (Lipinski definition) is 0. The molecule has 0 aliphatic heterocycles. The fourth-order valence-electron chi connectivity index (χ4n) is 0. The Kier molecular flexibility index (Phi) is 206. The van der Waals surface area contributed by atoms with E-state index in [0.29, 0.717) is 0 Å². The molecule has 0 bridgehead atoms. The molecule has 0 fully saturated rings. The molecule has 0 radical (unpaired) electrons. The van der Waals surface area contributed by atoms with E-state index in [1.165, 1.54) is 0 Å². The zero-order valence-corrected chi connectivity index (χ0v) is 7.70. The molecule has 0 saturated carbocycles. The summed E-state index contributed by atoms with van der Waals surface area (Å²) in [5.74, 6) is 0. The van der Waals surface area contributed by atoms with Crippen molar-refractivity contribution in [2.24, 2.45) is 0 Å². The predicted molar refractivity (Wildman–Crippen MR) is 0.686 cm³/mol. The molecule has 18 valence electrons. The van der Waals surface area contributed by atoms with Gasteiger partial charge in [-0.15, -0.1) is 0 Å². The molecule has 0 heterocycles. The van der Waals surface area contributed by atoms with E-state index in [1.807, 2.05) is 0 Å². The van der Waals surface area contributed by atoms with Crippen LogP contribution in [0.1, 0.15) is 0 Å². The Bertz CT molecular complexity index is 8.00. The standard InChI is InChI=1S/Nb.Ni.O.W/q+5;+2;-2;+4. The van der Waals surface area contributed by atoms with Crippen molar-refractivity contribution in [2.45, 2.75) is 0 Å². The third kappa shape index (κ3) is 9.10. The smallest absolute Gasteiger partial charge is 2.00 e. The van der Waals surface area contributed by atoms with Gasteiger partial charge in [-0.1, -0.05) is 0 Å². The van der Waals surface area contributed by atoms with Crippen LogP contribution in [0.25, 0.3) is 0 Å². The average molecular weight is 351 g/mol. The zero-order chi connectivity index (χ0) is 0. The molecule has 0 aliphatic carbocycles. The van der Waals surface area contributed by atoms with Crippen LogP contribution in [0.4, 0.5) is 0 Å². The van der Waals surface area contributed by atoms with Crippen molar-refractivity contribution < 1.29 is 65.4 Å². The van der Waals surface area contributed by atoms with Crippen LogP contribution < -0.4 is 0 Å². The van der Waals surface area contributed by atoms with E-state index in [4.69, 9.17) is 0 Å². The summed E-state index contributed by atoms with van der Waals surface area (Å²) in [6.45, 7) is 0. The van der Waals surface area contributed by atoms with E-state index in [2.05, 4.69) is 0 Å². The summed E-state index contributed by atoms with van der Waals surface area (Å²) >= 11 is 0. The van der Waals surface area contributed by atoms with Crippen LogP contribution in [0.2, 0.25) is 0 Å².